The topological polar surface area (TPSA) is 35.2 Å². The molecule has 1 aliphatic heterocycles. The average molecular weight is 325 g/mol. The lowest BCUT2D eigenvalue weighted by molar-refractivity contribution is 0.0816. The molecule has 0 aliphatic carbocycles. The molecule has 1 aromatic rings. The SMILES string of the molecule is CCC1OCCC1C(N)c1cc(Cl)c(Br)s1. The smallest absolute Gasteiger partial charge is 0.0887 e. The molecule has 5 heteroatoms. The van der Waals surface area contributed by atoms with E-state index in [0.29, 0.717) is 12.0 Å². The van der Waals surface area contributed by atoms with E-state index >= 15 is 0 Å². The summed E-state index contributed by atoms with van der Waals surface area (Å²) >= 11 is 11.1. The second-order valence-electron chi connectivity index (χ2n) is 4.07. The summed E-state index contributed by atoms with van der Waals surface area (Å²) in [5.74, 6) is 0.423. The van der Waals surface area contributed by atoms with E-state index in [1.807, 2.05) is 6.07 Å². The van der Waals surface area contributed by atoms with Crippen molar-refractivity contribution in [2.75, 3.05) is 6.61 Å². The molecule has 3 atom stereocenters. The van der Waals surface area contributed by atoms with Crippen molar-refractivity contribution in [3.8, 4) is 0 Å². The molecule has 0 aromatic carbocycles. The largest absolute Gasteiger partial charge is 0.378 e. The van der Waals surface area contributed by atoms with Gasteiger partial charge in [-0.3, -0.25) is 0 Å². The highest BCUT2D eigenvalue weighted by molar-refractivity contribution is 9.11. The van der Waals surface area contributed by atoms with Gasteiger partial charge in [0.2, 0.25) is 0 Å². The summed E-state index contributed by atoms with van der Waals surface area (Å²) in [5.41, 5.74) is 6.30. The Balaban J connectivity index is 2.14. The zero-order chi connectivity index (χ0) is 11.7. The van der Waals surface area contributed by atoms with Crippen molar-refractivity contribution in [2.24, 2.45) is 11.7 Å². The lowest BCUT2D eigenvalue weighted by atomic mass is 9.91. The van der Waals surface area contributed by atoms with E-state index in [1.54, 1.807) is 11.3 Å². The van der Waals surface area contributed by atoms with Crippen molar-refractivity contribution in [1.82, 2.24) is 0 Å². The van der Waals surface area contributed by atoms with Gasteiger partial charge < -0.3 is 10.5 Å². The van der Waals surface area contributed by atoms with Gasteiger partial charge in [0.05, 0.1) is 14.9 Å². The van der Waals surface area contributed by atoms with Crippen molar-refractivity contribution < 1.29 is 4.74 Å². The highest BCUT2D eigenvalue weighted by atomic mass is 79.9. The first-order chi connectivity index (χ1) is 7.63. The Bertz CT molecular complexity index is 351. The molecule has 2 rings (SSSR count). The predicted octanol–water partition coefficient (Wildman–Crippen LogP) is 3.98. The van der Waals surface area contributed by atoms with Crippen LogP contribution in [0.5, 0.6) is 0 Å². The monoisotopic (exact) mass is 323 g/mol. The zero-order valence-corrected chi connectivity index (χ0v) is 12.2. The Kier molecular flexibility index (Phi) is 4.30. The average Bonchev–Trinajstić information content (AvgIpc) is 2.85. The van der Waals surface area contributed by atoms with E-state index in [9.17, 15) is 0 Å². The first-order valence-electron chi connectivity index (χ1n) is 5.45. The maximum atomic E-state index is 6.30. The second kappa shape index (κ2) is 5.36. The van der Waals surface area contributed by atoms with Gasteiger partial charge >= 0.3 is 0 Å². The lowest BCUT2D eigenvalue weighted by Gasteiger charge is -2.22. The molecule has 2 heterocycles. The number of halogens is 2. The van der Waals surface area contributed by atoms with Crippen molar-refractivity contribution in [1.29, 1.82) is 0 Å². The van der Waals surface area contributed by atoms with E-state index < -0.39 is 0 Å². The van der Waals surface area contributed by atoms with Gasteiger partial charge in [0, 0.05) is 23.4 Å². The summed E-state index contributed by atoms with van der Waals surface area (Å²) < 4.78 is 6.64. The van der Waals surface area contributed by atoms with Crippen LogP contribution in [0.2, 0.25) is 5.02 Å². The summed E-state index contributed by atoms with van der Waals surface area (Å²) in [6.45, 7) is 2.98. The standard InChI is InChI=1S/C11H15BrClNOS/c1-2-8-6(3-4-15-8)10(14)9-5-7(13)11(12)16-9/h5-6,8,10H,2-4,14H2,1H3. The van der Waals surface area contributed by atoms with Crippen LogP contribution in [0.25, 0.3) is 0 Å². The van der Waals surface area contributed by atoms with Crippen LogP contribution in [-0.4, -0.2) is 12.7 Å². The number of rotatable bonds is 3. The van der Waals surface area contributed by atoms with Crippen molar-refractivity contribution in [2.45, 2.75) is 31.9 Å². The molecule has 1 saturated heterocycles. The van der Waals surface area contributed by atoms with Crippen molar-refractivity contribution in [3.63, 3.8) is 0 Å². The van der Waals surface area contributed by atoms with Gasteiger partial charge in [-0.25, -0.2) is 0 Å². The molecule has 0 bridgehead atoms. The third-order valence-electron chi connectivity index (χ3n) is 3.12. The number of nitrogens with two attached hydrogens (primary N) is 1. The summed E-state index contributed by atoms with van der Waals surface area (Å²) in [6, 6.07) is 2.01. The minimum absolute atomic E-state index is 0.0428. The number of hydrogen-bond acceptors (Lipinski definition) is 3. The normalized spacial score (nSPS) is 27.2. The molecule has 0 saturated carbocycles. The molecule has 1 aromatic heterocycles. The van der Waals surface area contributed by atoms with Crippen LogP contribution in [0, 0.1) is 5.92 Å². The van der Waals surface area contributed by atoms with E-state index in [1.165, 1.54) is 0 Å². The summed E-state index contributed by atoms with van der Waals surface area (Å²) in [6.07, 6.45) is 2.38. The van der Waals surface area contributed by atoms with E-state index in [2.05, 4.69) is 22.9 Å². The molecule has 0 amide bonds. The molecule has 0 radical (unpaired) electrons. The fourth-order valence-corrected chi connectivity index (χ4v) is 4.06. The molecule has 2 nitrogen and oxygen atoms in total. The molecule has 1 fully saturated rings. The Morgan fingerprint density at radius 1 is 1.75 bits per heavy atom. The highest BCUT2D eigenvalue weighted by Crippen LogP contribution is 2.40. The van der Waals surface area contributed by atoms with Crippen LogP contribution in [0.3, 0.4) is 0 Å². The molecule has 90 valence electrons. The van der Waals surface area contributed by atoms with Crippen molar-refractivity contribution >= 4 is 38.9 Å². The minimum atomic E-state index is 0.0428. The number of hydrogen-bond donors (Lipinski definition) is 1. The second-order valence-corrected chi connectivity index (χ2v) is 6.88. The van der Waals surface area contributed by atoms with Crippen LogP contribution in [0.4, 0.5) is 0 Å². The molecular formula is C11H15BrClNOS. The number of thiophene rings is 1. The van der Waals surface area contributed by atoms with Crippen LogP contribution in [0.1, 0.15) is 30.7 Å². The van der Waals surface area contributed by atoms with Crippen LogP contribution in [0.15, 0.2) is 9.85 Å². The molecule has 16 heavy (non-hydrogen) atoms. The van der Waals surface area contributed by atoms with Crippen LogP contribution < -0.4 is 5.73 Å². The molecule has 0 spiro atoms. The molecular weight excluding hydrogens is 310 g/mol. The predicted molar refractivity (Wildman–Crippen MR) is 72.1 cm³/mol. The minimum Gasteiger partial charge on any atom is -0.378 e. The maximum Gasteiger partial charge on any atom is 0.0887 e. The first-order valence-corrected chi connectivity index (χ1v) is 7.44. The Labute approximate surface area is 113 Å². The molecule has 1 aliphatic rings. The van der Waals surface area contributed by atoms with E-state index in [-0.39, 0.29) is 6.04 Å². The fourth-order valence-electron chi connectivity index (χ4n) is 2.23. The summed E-state index contributed by atoms with van der Waals surface area (Å²) in [7, 11) is 0. The summed E-state index contributed by atoms with van der Waals surface area (Å²) in [4.78, 5) is 1.14. The van der Waals surface area contributed by atoms with E-state index in [0.717, 1.165) is 33.1 Å². The van der Waals surface area contributed by atoms with Crippen LogP contribution >= 0.6 is 38.9 Å². The summed E-state index contributed by atoms with van der Waals surface area (Å²) in [5, 5.41) is 0.752. The fraction of sp³-hybridized carbons (Fsp3) is 0.636. The van der Waals surface area contributed by atoms with Gasteiger partial charge in [-0.2, -0.15) is 0 Å². The molecule has 3 unspecified atom stereocenters. The highest BCUT2D eigenvalue weighted by Gasteiger charge is 2.33. The molecule has 2 N–H and O–H groups in total. The third kappa shape index (κ3) is 2.46. The van der Waals surface area contributed by atoms with Gasteiger partial charge in [0.1, 0.15) is 0 Å². The quantitative estimate of drug-likeness (QED) is 0.913. The Morgan fingerprint density at radius 2 is 2.50 bits per heavy atom. The number of ether oxygens (including phenoxy) is 1. The van der Waals surface area contributed by atoms with Crippen LogP contribution in [-0.2, 0) is 4.74 Å². The van der Waals surface area contributed by atoms with Gasteiger partial charge in [-0.15, -0.1) is 11.3 Å². The third-order valence-corrected chi connectivity index (χ3v) is 5.69. The van der Waals surface area contributed by atoms with E-state index in [4.69, 9.17) is 22.1 Å². The maximum absolute atomic E-state index is 6.30. The van der Waals surface area contributed by atoms with Gasteiger partial charge in [-0.1, -0.05) is 18.5 Å². The van der Waals surface area contributed by atoms with Gasteiger partial charge in [0.25, 0.3) is 0 Å². The Hall–Kier alpha value is 0.390. The van der Waals surface area contributed by atoms with Gasteiger partial charge in [-0.05, 0) is 34.8 Å². The first kappa shape index (κ1) is 12.8. The van der Waals surface area contributed by atoms with Crippen molar-refractivity contribution in [3.05, 3.63) is 19.8 Å². The Morgan fingerprint density at radius 3 is 3.06 bits per heavy atom. The lowest BCUT2D eigenvalue weighted by Crippen LogP contribution is -2.27. The zero-order valence-electron chi connectivity index (χ0n) is 9.08. The van der Waals surface area contributed by atoms with Gasteiger partial charge in [0.15, 0.2) is 0 Å².